The molecule has 1 aromatic heterocycles. The molecule has 24 heavy (non-hydrogen) atoms. The Morgan fingerprint density at radius 2 is 1.88 bits per heavy atom. The molecule has 1 unspecified atom stereocenters. The van der Waals surface area contributed by atoms with Gasteiger partial charge in [0, 0.05) is 11.8 Å². The lowest BCUT2D eigenvalue weighted by Gasteiger charge is -2.17. The maximum atomic E-state index is 13.4. The van der Waals surface area contributed by atoms with E-state index in [4.69, 9.17) is 4.74 Å². The highest BCUT2D eigenvalue weighted by atomic mass is 19.3. The van der Waals surface area contributed by atoms with Crippen LogP contribution in [0.2, 0.25) is 0 Å². The smallest absolute Gasteiger partial charge is 0.267 e. The summed E-state index contributed by atoms with van der Waals surface area (Å²) >= 11 is 0. The van der Waals surface area contributed by atoms with Gasteiger partial charge < -0.3 is 4.74 Å². The van der Waals surface area contributed by atoms with Gasteiger partial charge in [-0.05, 0) is 49.4 Å². The first-order valence-electron chi connectivity index (χ1n) is 8.21. The van der Waals surface area contributed by atoms with Gasteiger partial charge in [-0.15, -0.1) is 0 Å². The largest absolute Gasteiger partial charge is 0.493 e. The molecular weight excluding hydrogens is 310 g/mol. The summed E-state index contributed by atoms with van der Waals surface area (Å²) in [5, 5.41) is 0. The van der Waals surface area contributed by atoms with Gasteiger partial charge in [-0.1, -0.05) is 20.8 Å². The van der Waals surface area contributed by atoms with Gasteiger partial charge in [0.25, 0.3) is 6.43 Å². The van der Waals surface area contributed by atoms with Gasteiger partial charge in [0.05, 0.1) is 17.9 Å². The number of rotatable bonds is 7. The Hall–Kier alpha value is -2.04. The van der Waals surface area contributed by atoms with E-state index in [1.807, 2.05) is 0 Å². The SMILES string of the molecule is Cc1nccc(-c2ccc(OCC(C)CC(C)C)c(C(F)F)c2)n1. The Morgan fingerprint density at radius 3 is 2.50 bits per heavy atom. The zero-order valence-corrected chi connectivity index (χ0v) is 14.6. The molecule has 0 fully saturated rings. The monoisotopic (exact) mass is 334 g/mol. The molecule has 1 heterocycles. The summed E-state index contributed by atoms with van der Waals surface area (Å²) in [5.74, 6) is 1.73. The average molecular weight is 334 g/mol. The average Bonchev–Trinajstić information content (AvgIpc) is 2.52. The van der Waals surface area contributed by atoms with Crippen molar-refractivity contribution in [3.63, 3.8) is 0 Å². The molecule has 2 aromatic rings. The van der Waals surface area contributed by atoms with E-state index >= 15 is 0 Å². The molecule has 0 bridgehead atoms. The summed E-state index contributed by atoms with van der Waals surface area (Å²) in [7, 11) is 0. The molecule has 2 rings (SSSR count). The maximum absolute atomic E-state index is 13.4. The van der Waals surface area contributed by atoms with Crippen molar-refractivity contribution in [1.29, 1.82) is 0 Å². The lowest BCUT2D eigenvalue weighted by molar-refractivity contribution is 0.142. The number of benzene rings is 1. The van der Waals surface area contributed by atoms with Crippen molar-refractivity contribution < 1.29 is 13.5 Å². The Morgan fingerprint density at radius 1 is 1.12 bits per heavy atom. The second-order valence-electron chi connectivity index (χ2n) is 6.59. The predicted octanol–water partition coefficient (Wildman–Crippen LogP) is 5.45. The van der Waals surface area contributed by atoms with E-state index in [1.165, 1.54) is 6.07 Å². The fourth-order valence-electron chi connectivity index (χ4n) is 2.73. The molecule has 0 aliphatic rings. The number of aryl methyl sites for hydroxylation is 1. The minimum atomic E-state index is -2.59. The van der Waals surface area contributed by atoms with Crippen molar-refractivity contribution in [1.82, 2.24) is 9.97 Å². The minimum Gasteiger partial charge on any atom is -0.493 e. The van der Waals surface area contributed by atoms with Crippen LogP contribution in [0, 0.1) is 18.8 Å². The first-order valence-corrected chi connectivity index (χ1v) is 8.21. The fourth-order valence-corrected chi connectivity index (χ4v) is 2.73. The first kappa shape index (κ1) is 18.3. The molecule has 0 aliphatic heterocycles. The van der Waals surface area contributed by atoms with Crippen LogP contribution < -0.4 is 4.74 Å². The van der Waals surface area contributed by atoms with E-state index in [1.54, 1.807) is 31.3 Å². The molecule has 1 aromatic carbocycles. The van der Waals surface area contributed by atoms with Gasteiger partial charge in [-0.25, -0.2) is 18.7 Å². The van der Waals surface area contributed by atoms with E-state index in [0.717, 1.165) is 6.42 Å². The summed E-state index contributed by atoms with van der Waals surface area (Å²) < 4.78 is 32.5. The second kappa shape index (κ2) is 8.18. The molecule has 0 spiro atoms. The predicted molar refractivity (Wildman–Crippen MR) is 91.3 cm³/mol. The van der Waals surface area contributed by atoms with Gasteiger partial charge in [0.15, 0.2) is 0 Å². The summed E-state index contributed by atoms with van der Waals surface area (Å²) in [5.41, 5.74) is 1.17. The van der Waals surface area contributed by atoms with E-state index in [0.29, 0.717) is 35.5 Å². The molecule has 0 aliphatic carbocycles. The molecule has 0 amide bonds. The van der Waals surface area contributed by atoms with Crippen molar-refractivity contribution >= 4 is 0 Å². The summed E-state index contributed by atoms with van der Waals surface area (Å²) in [6, 6.07) is 6.53. The minimum absolute atomic E-state index is 0.0967. The maximum Gasteiger partial charge on any atom is 0.267 e. The fraction of sp³-hybridized carbons (Fsp3) is 0.474. The summed E-state index contributed by atoms with van der Waals surface area (Å²) in [4.78, 5) is 8.31. The second-order valence-corrected chi connectivity index (χ2v) is 6.59. The zero-order valence-electron chi connectivity index (χ0n) is 14.6. The summed E-state index contributed by atoms with van der Waals surface area (Å²) in [6.45, 7) is 8.55. The molecule has 5 heteroatoms. The molecule has 130 valence electrons. The van der Waals surface area contributed by atoms with Crippen molar-refractivity contribution in [2.75, 3.05) is 6.61 Å². The molecule has 0 saturated heterocycles. The third kappa shape index (κ3) is 4.98. The quantitative estimate of drug-likeness (QED) is 0.675. The Labute approximate surface area is 142 Å². The standard InChI is InChI=1S/C19H24F2N2O/c1-12(2)9-13(3)11-24-18-6-5-15(10-16(18)19(20)21)17-7-8-22-14(4)23-17/h5-8,10,12-13,19H,9,11H2,1-4H3. The number of ether oxygens (including phenoxy) is 1. The van der Waals surface area contributed by atoms with Gasteiger partial charge in [0.1, 0.15) is 11.6 Å². The summed E-state index contributed by atoms with van der Waals surface area (Å²) in [6.07, 6.45) is 0.0309. The van der Waals surface area contributed by atoms with Gasteiger partial charge in [0.2, 0.25) is 0 Å². The van der Waals surface area contributed by atoms with E-state index < -0.39 is 6.43 Å². The highest BCUT2D eigenvalue weighted by Crippen LogP contribution is 2.33. The lowest BCUT2D eigenvalue weighted by atomic mass is 10.00. The number of halogens is 2. The normalized spacial score (nSPS) is 12.7. The molecule has 0 N–H and O–H groups in total. The van der Waals surface area contributed by atoms with Crippen LogP contribution in [0.4, 0.5) is 8.78 Å². The Balaban J connectivity index is 2.21. The van der Waals surface area contributed by atoms with Crippen LogP contribution >= 0.6 is 0 Å². The van der Waals surface area contributed by atoms with Gasteiger partial charge >= 0.3 is 0 Å². The first-order chi connectivity index (χ1) is 11.4. The molecular formula is C19H24F2N2O. The zero-order chi connectivity index (χ0) is 17.7. The highest BCUT2D eigenvalue weighted by Gasteiger charge is 2.17. The molecule has 0 saturated carbocycles. The van der Waals surface area contributed by atoms with Crippen molar-refractivity contribution in [2.45, 2.75) is 40.5 Å². The van der Waals surface area contributed by atoms with Gasteiger partial charge in [-0.3, -0.25) is 0 Å². The number of hydrogen-bond acceptors (Lipinski definition) is 3. The van der Waals surface area contributed by atoms with Crippen molar-refractivity contribution in [3.8, 4) is 17.0 Å². The molecule has 0 radical (unpaired) electrons. The lowest BCUT2D eigenvalue weighted by Crippen LogP contribution is -2.12. The van der Waals surface area contributed by atoms with Gasteiger partial charge in [-0.2, -0.15) is 0 Å². The number of aromatic nitrogens is 2. The van der Waals surface area contributed by atoms with Crippen LogP contribution in [0.15, 0.2) is 30.5 Å². The Bertz CT molecular complexity index is 674. The third-order valence-electron chi connectivity index (χ3n) is 3.71. The van der Waals surface area contributed by atoms with Crippen molar-refractivity contribution in [2.24, 2.45) is 11.8 Å². The molecule has 3 nitrogen and oxygen atoms in total. The topological polar surface area (TPSA) is 35.0 Å². The van der Waals surface area contributed by atoms with E-state index in [2.05, 4.69) is 30.7 Å². The van der Waals surface area contributed by atoms with Crippen molar-refractivity contribution in [3.05, 3.63) is 41.9 Å². The Kier molecular flexibility index (Phi) is 6.23. The van der Waals surface area contributed by atoms with Crippen LogP contribution in [0.1, 0.15) is 45.0 Å². The van der Waals surface area contributed by atoms with Crippen LogP contribution in [-0.2, 0) is 0 Å². The highest BCUT2D eigenvalue weighted by molar-refractivity contribution is 5.62. The van der Waals surface area contributed by atoms with Crippen LogP contribution in [0.5, 0.6) is 5.75 Å². The number of hydrogen-bond donors (Lipinski definition) is 0. The van der Waals surface area contributed by atoms with Crippen LogP contribution in [0.25, 0.3) is 11.3 Å². The van der Waals surface area contributed by atoms with Crippen LogP contribution in [0.3, 0.4) is 0 Å². The van der Waals surface area contributed by atoms with E-state index in [-0.39, 0.29) is 11.3 Å². The van der Waals surface area contributed by atoms with E-state index in [9.17, 15) is 8.78 Å². The molecule has 1 atom stereocenters. The third-order valence-corrected chi connectivity index (χ3v) is 3.71. The van der Waals surface area contributed by atoms with Crippen LogP contribution in [-0.4, -0.2) is 16.6 Å². The number of alkyl halides is 2. The number of nitrogens with zero attached hydrogens (tertiary/aromatic N) is 2.